The minimum absolute atomic E-state index is 0.0116. The lowest BCUT2D eigenvalue weighted by Gasteiger charge is -2.25. The Labute approximate surface area is 134 Å². The van der Waals surface area contributed by atoms with Gasteiger partial charge in [-0.3, -0.25) is 4.79 Å². The van der Waals surface area contributed by atoms with Crippen molar-refractivity contribution in [3.05, 3.63) is 46.5 Å². The maximum atomic E-state index is 11.9. The number of phenolic OH excluding ortho intramolecular Hbond substituents is 1. The molecule has 3 aromatic rings. The van der Waals surface area contributed by atoms with Gasteiger partial charge in [0.1, 0.15) is 22.5 Å². The molecule has 0 saturated heterocycles. The summed E-state index contributed by atoms with van der Waals surface area (Å²) in [6, 6.07) is 8.48. The summed E-state index contributed by atoms with van der Waals surface area (Å²) in [6.07, 6.45) is 0.199. The first-order chi connectivity index (χ1) is 10.6. The van der Waals surface area contributed by atoms with E-state index in [9.17, 15) is 9.90 Å². The lowest BCUT2D eigenvalue weighted by atomic mass is 9.85. The van der Waals surface area contributed by atoms with Gasteiger partial charge in [-0.25, -0.2) is 0 Å². The van der Waals surface area contributed by atoms with Crippen LogP contribution in [0.2, 0.25) is 5.02 Å². The van der Waals surface area contributed by atoms with Crippen LogP contribution in [0.4, 0.5) is 0 Å². The highest BCUT2D eigenvalue weighted by molar-refractivity contribution is 7.00. The van der Waals surface area contributed by atoms with Crippen LogP contribution < -0.4 is 4.74 Å². The topological polar surface area (TPSA) is 72.3 Å². The zero-order valence-corrected chi connectivity index (χ0v) is 12.7. The van der Waals surface area contributed by atoms with Gasteiger partial charge in [0.25, 0.3) is 0 Å². The number of esters is 1. The van der Waals surface area contributed by atoms with Gasteiger partial charge >= 0.3 is 5.97 Å². The molecule has 1 N–H and O–H groups in total. The molecule has 2 aromatic carbocycles. The fourth-order valence-electron chi connectivity index (χ4n) is 2.74. The number of aromatic nitrogens is 2. The number of carbonyl (C=O) groups excluding carboxylic acids is 1. The van der Waals surface area contributed by atoms with Gasteiger partial charge < -0.3 is 9.84 Å². The van der Waals surface area contributed by atoms with Crippen LogP contribution in [0, 0.1) is 0 Å². The average Bonchev–Trinajstić information content (AvgIpc) is 2.97. The number of benzene rings is 2. The fraction of sp³-hybridized carbons (Fsp3) is 0.133. The lowest BCUT2D eigenvalue weighted by Crippen LogP contribution is -2.21. The van der Waals surface area contributed by atoms with Crippen molar-refractivity contribution in [1.82, 2.24) is 8.75 Å². The van der Waals surface area contributed by atoms with E-state index in [1.807, 2.05) is 0 Å². The van der Waals surface area contributed by atoms with Gasteiger partial charge in [-0.05, 0) is 29.8 Å². The Balaban J connectivity index is 1.95. The van der Waals surface area contributed by atoms with Crippen molar-refractivity contribution in [3.63, 3.8) is 0 Å². The van der Waals surface area contributed by atoms with E-state index in [1.165, 1.54) is 6.07 Å². The molecule has 0 saturated carbocycles. The molecule has 1 aromatic heterocycles. The van der Waals surface area contributed by atoms with Crippen molar-refractivity contribution in [2.75, 3.05) is 0 Å². The van der Waals surface area contributed by atoms with Crippen molar-refractivity contribution < 1.29 is 14.6 Å². The summed E-state index contributed by atoms with van der Waals surface area (Å²) in [5, 5.41) is 9.84. The van der Waals surface area contributed by atoms with Crippen LogP contribution >= 0.6 is 23.3 Å². The maximum Gasteiger partial charge on any atom is 0.312 e. The smallest absolute Gasteiger partial charge is 0.312 e. The molecule has 2 heterocycles. The van der Waals surface area contributed by atoms with Gasteiger partial charge in [0.2, 0.25) is 0 Å². The van der Waals surface area contributed by atoms with Gasteiger partial charge in [0.15, 0.2) is 0 Å². The van der Waals surface area contributed by atoms with Gasteiger partial charge in [-0.2, -0.15) is 8.75 Å². The molecule has 0 unspecified atom stereocenters. The molecule has 0 radical (unpaired) electrons. The zero-order chi connectivity index (χ0) is 15.3. The predicted molar refractivity (Wildman–Crippen MR) is 82.6 cm³/mol. The highest BCUT2D eigenvalue weighted by Crippen LogP contribution is 2.43. The Morgan fingerprint density at radius 1 is 1.27 bits per heavy atom. The number of aromatic hydroxyl groups is 1. The number of hydrogen-bond donors (Lipinski definition) is 1. The van der Waals surface area contributed by atoms with E-state index in [2.05, 4.69) is 8.75 Å². The lowest BCUT2D eigenvalue weighted by molar-refractivity contribution is -0.135. The Hall–Kier alpha value is -2.18. The van der Waals surface area contributed by atoms with E-state index in [0.717, 1.165) is 33.9 Å². The van der Waals surface area contributed by atoms with E-state index in [1.54, 1.807) is 24.3 Å². The number of phenols is 1. The fourth-order valence-corrected chi connectivity index (χ4v) is 3.47. The SMILES string of the molecule is O=C1C[C@@H](c2ccc(O)c(Cl)c2)c2c(ccc3nsnc23)O1. The molecule has 7 heteroatoms. The van der Waals surface area contributed by atoms with Gasteiger partial charge in [-0.15, -0.1) is 0 Å². The summed E-state index contributed by atoms with van der Waals surface area (Å²) in [5.41, 5.74) is 3.19. The van der Waals surface area contributed by atoms with Crippen LogP contribution in [0.25, 0.3) is 11.0 Å². The second-order valence-electron chi connectivity index (χ2n) is 5.05. The third-order valence-electron chi connectivity index (χ3n) is 3.74. The largest absolute Gasteiger partial charge is 0.506 e. The molecular formula is C15H9ClN2O3S. The molecule has 0 amide bonds. The molecule has 0 aliphatic carbocycles. The molecule has 1 aliphatic rings. The molecule has 0 bridgehead atoms. The van der Waals surface area contributed by atoms with Crippen LogP contribution in [-0.4, -0.2) is 19.8 Å². The number of hydrogen-bond acceptors (Lipinski definition) is 6. The molecule has 110 valence electrons. The minimum Gasteiger partial charge on any atom is -0.506 e. The van der Waals surface area contributed by atoms with Crippen molar-refractivity contribution in [2.45, 2.75) is 12.3 Å². The van der Waals surface area contributed by atoms with E-state index < -0.39 is 0 Å². The number of ether oxygens (including phenoxy) is 1. The summed E-state index contributed by atoms with van der Waals surface area (Å²) in [5.74, 6) is -0.00519. The van der Waals surface area contributed by atoms with Crippen molar-refractivity contribution in [3.8, 4) is 11.5 Å². The second-order valence-corrected chi connectivity index (χ2v) is 5.99. The quantitative estimate of drug-likeness (QED) is 0.545. The first kappa shape index (κ1) is 13.5. The van der Waals surface area contributed by atoms with Gasteiger partial charge in [0.05, 0.1) is 23.2 Å². The third kappa shape index (κ3) is 2.03. The molecule has 0 fully saturated rings. The van der Waals surface area contributed by atoms with Gasteiger partial charge in [-0.1, -0.05) is 17.7 Å². The number of carbonyl (C=O) groups is 1. The summed E-state index contributed by atoms with van der Waals surface area (Å²) in [4.78, 5) is 11.9. The average molecular weight is 333 g/mol. The number of fused-ring (bicyclic) bond motifs is 3. The summed E-state index contributed by atoms with van der Waals surface area (Å²) >= 11 is 7.12. The number of rotatable bonds is 1. The number of nitrogens with zero attached hydrogens (tertiary/aromatic N) is 2. The summed E-state index contributed by atoms with van der Waals surface area (Å²) in [7, 11) is 0. The van der Waals surface area contributed by atoms with E-state index in [0.29, 0.717) is 5.75 Å². The van der Waals surface area contributed by atoms with Crippen LogP contribution in [0.15, 0.2) is 30.3 Å². The normalized spacial score (nSPS) is 17.3. The minimum atomic E-state index is -0.302. The Bertz CT molecular complexity index is 909. The summed E-state index contributed by atoms with van der Waals surface area (Å²) < 4.78 is 13.9. The Kier molecular flexibility index (Phi) is 3.02. The Morgan fingerprint density at radius 2 is 2.14 bits per heavy atom. The van der Waals surface area contributed by atoms with Gasteiger partial charge in [0, 0.05) is 11.5 Å². The third-order valence-corrected chi connectivity index (χ3v) is 4.59. The molecule has 5 nitrogen and oxygen atoms in total. The molecule has 22 heavy (non-hydrogen) atoms. The molecule has 4 rings (SSSR count). The molecular weight excluding hydrogens is 324 g/mol. The van der Waals surface area contributed by atoms with Crippen LogP contribution in [0.5, 0.6) is 11.5 Å². The first-order valence-corrected chi connectivity index (χ1v) is 7.68. The Morgan fingerprint density at radius 3 is 2.95 bits per heavy atom. The molecule has 0 spiro atoms. The van der Waals surface area contributed by atoms with Crippen molar-refractivity contribution >= 4 is 40.3 Å². The highest BCUT2D eigenvalue weighted by Gasteiger charge is 2.31. The van der Waals surface area contributed by atoms with E-state index in [-0.39, 0.29) is 29.1 Å². The second kappa shape index (κ2) is 4.93. The van der Waals surface area contributed by atoms with Crippen molar-refractivity contribution in [1.29, 1.82) is 0 Å². The molecule has 1 aliphatic heterocycles. The maximum absolute atomic E-state index is 11.9. The number of halogens is 1. The van der Waals surface area contributed by atoms with E-state index in [4.69, 9.17) is 16.3 Å². The van der Waals surface area contributed by atoms with Crippen LogP contribution in [0.1, 0.15) is 23.5 Å². The van der Waals surface area contributed by atoms with E-state index >= 15 is 0 Å². The first-order valence-electron chi connectivity index (χ1n) is 6.58. The molecule has 1 atom stereocenters. The highest BCUT2D eigenvalue weighted by atomic mass is 35.5. The van der Waals surface area contributed by atoms with Crippen LogP contribution in [0.3, 0.4) is 0 Å². The summed E-state index contributed by atoms with van der Waals surface area (Å²) in [6.45, 7) is 0. The standard InChI is InChI=1S/C15H9ClN2O3S/c16-9-5-7(1-3-11(9)19)8-6-13(20)21-12-4-2-10-15(14(8)12)18-22-17-10/h1-5,8,19H,6H2/t8-/m0/s1. The van der Waals surface area contributed by atoms with Crippen molar-refractivity contribution in [2.24, 2.45) is 0 Å². The van der Waals surface area contributed by atoms with Crippen LogP contribution in [-0.2, 0) is 4.79 Å². The predicted octanol–water partition coefficient (Wildman–Crippen LogP) is 3.49. The zero-order valence-electron chi connectivity index (χ0n) is 11.1. The monoisotopic (exact) mass is 332 g/mol.